The Morgan fingerprint density at radius 2 is 2.20 bits per heavy atom. The molecule has 0 radical (unpaired) electrons. The van der Waals surface area contributed by atoms with Crippen molar-refractivity contribution in [1.82, 2.24) is 5.43 Å². The molecule has 1 N–H and O–H groups in total. The molecular weight excluding hydrogens is 280 g/mol. The normalized spacial score (nSPS) is 10.7. The third-order valence-corrected chi connectivity index (χ3v) is 2.65. The molecule has 5 nitrogen and oxygen atoms in total. The topological polar surface area (TPSA) is 63.8 Å². The zero-order chi connectivity index (χ0) is 14.4. The number of amides is 1. The van der Waals surface area contributed by atoms with E-state index in [1.807, 2.05) is 13.0 Å². The summed E-state index contributed by atoms with van der Waals surface area (Å²) in [6.07, 6.45) is 1.42. The van der Waals surface area contributed by atoms with Crippen LogP contribution in [-0.2, 0) is 4.79 Å². The highest BCUT2D eigenvalue weighted by Crippen LogP contribution is 2.22. The minimum atomic E-state index is -0.385. The van der Waals surface area contributed by atoms with Crippen LogP contribution >= 0.6 is 11.6 Å². The summed E-state index contributed by atoms with van der Waals surface area (Å²) in [5.41, 5.74) is 2.33. The number of rotatable bonds is 5. The summed E-state index contributed by atoms with van der Waals surface area (Å²) >= 11 is 5.90. The molecule has 0 atom stereocenters. The molecule has 0 aliphatic rings. The quantitative estimate of drug-likeness (QED) is 0.681. The number of carbonyl (C=O) groups excluding carboxylic acids is 1. The summed E-state index contributed by atoms with van der Waals surface area (Å²) in [5.74, 6) is 1.41. The molecule has 0 saturated carbocycles. The molecule has 2 rings (SSSR count). The number of nitrogens with one attached hydrogen (secondary N) is 1. The zero-order valence-corrected chi connectivity index (χ0v) is 11.6. The Bertz CT molecular complexity index is 622. The lowest BCUT2D eigenvalue weighted by Gasteiger charge is -2.05. The number of hydrazone groups is 1. The average Bonchev–Trinajstić information content (AvgIpc) is 2.83. The highest BCUT2D eigenvalue weighted by Gasteiger charge is 2.04. The average molecular weight is 293 g/mol. The number of hydrogen-bond donors (Lipinski definition) is 1. The molecular formula is C14H13ClN2O3. The van der Waals surface area contributed by atoms with Gasteiger partial charge >= 0.3 is 0 Å². The fraction of sp³-hybridized carbons (Fsp3) is 0.143. The van der Waals surface area contributed by atoms with Crippen LogP contribution in [0.3, 0.4) is 0 Å². The second-order valence-corrected chi connectivity index (χ2v) is 4.37. The van der Waals surface area contributed by atoms with Crippen LogP contribution in [0, 0.1) is 6.92 Å². The van der Waals surface area contributed by atoms with Crippen LogP contribution in [0.4, 0.5) is 0 Å². The first kappa shape index (κ1) is 14.1. The number of nitrogens with zero attached hydrogens (tertiary/aromatic N) is 1. The van der Waals surface area contributed by atoms with E-state index in [1.165, 1.54) is 6.21 Å². The van der Waals surface area contributed by atoms with E-state index >= 15 is 0 Å². The van der Waals surface area contributed by atoms with Gasteiger partial charge in [0.2, 0.25) is 0 Å². The summed E-state index contributed by atoms with van der Waals surface area (Å²) in [5, 5.41) is 4.21. The van der Waals surface area contributed by atoms with E-state index < -0.39 is 0 Å². The molecule has 0 bridgehead atoms. The van der Waals surface area contributed by atoms with Crippen LogP contribution in [-0.4, -0.2) is 18.7 Å². The summed E-state index contributed by atoms with van der Waals surface area (Å²) in [7, 11) is 0. The smallest absolute Gasteiger partial charge is 0.277 e. The Balaban J connectivity index is 1.78. The molecule has 104 valence electrons. The van der Waals surface area contributed by atoms with E-state index in [4.69, 9.17) is 20.8 Å². The largest absolute Gasteiger partial charge is 0.482 e. The van der Waals surface area contributed by atoms with Crippen LogP contribution in [0.5, 0.6) is 5.75 Å². The standard InChI is InChI=1S/C14H13ClN2O3/c1-10-6-7-11(20-10)8-16-17-14(18)9-19-13-5-3-2-4-12(13)15/h2-8H,9H2,1H3,(H,17,18)/b16-8-. The maximum Gasteiger partial charge on any atom is 0.277 e. The Labute approximate surface area is 121 Å². The molecule has 0 aliphatic heterocycles. The highest BCUT2D eigenvalue weighted by atomic mass is 35.5. The molecule has 20 heavy (non-hydrogen) atoms. The van der Waals surface area contributed by atoms with E-state index in [0.717, 1.165) is 5.76 Å². The molecule has 0 unspecified atom stereocenters. The van der Waals surface area contributed by atoms with E-state index in [1.54, 1.807) is 30.3 Å². The van der Waals surface area contributed by atoms with Crippen molar-refractivity contribution in [3.8, 4) is 5.75 Å². The third kappa shape index (κ3) is 4.13. The molecule has 1 heterocycles. The van der Waals surface area contributed by atoms with Gasteiger partial charge in [-0.1, -0.05) is 23.7 Å². The van der Waals surface area contributed by atoms with Crippen LogP contribution < -0.4 is 10.2 Å². The van der Waals surface area contributed by atoms with Gasteiger partial charge in [-0.3, -0.25) is 4.79 Å². The maximum absolute atomic E-state index is 11.5. The summed E-state index contributed by atoms with van der Waals surface area (Å²) in [4.78, 5) is 11.5. The molecule has 0 fully saturated rings. The first-order chi connectivity index (χ1) is 9.65. The number of halogens is 1. The number of aryl methyl sites for hydroxylation is 1. The Kier molecular flexibility index (Phi) is 4.79. The monoisotopic (exact) mass is 292 g/mol. The fourth-order valence-electron chi connectivity index (χ4n) is 1.43. The third-order valence-electron chi connectivity index (χ3n) is 2.34. The Hall–Kier alpha value is -2.27. The number of carbonyl (C=O) groups is 1. The number of hydrogen-bond acceptors (Lipinski definition) is 4. The van der Waals surface area contributed by atoms with Gasteiger partial charge in [0.15, 0.2) is 6.61 Å². The lowest BCUT2D eigenvalue weighted by Crippen LogP contribution is -2.24. The highest BCUT2D eigenvalue weighted by molar-refractivity contribution is 6.32. The van der Waals surface area contributed by atoms with Crippen LogP contribution in [0.15, 0.2) is 45.9 Å². The number of benzene rings is 1. The zero-order valence-electron chi connectivity index (χ0n) is 10.8. The molecule has 1 aromatic carbocycles. The summed E-state index contributed by atoms with van der Waals surface area (Å²) in [6.45, 7) is 1.66. The lowest BCUT2D eigenvalue weighted by molar-refractivity contribution is -0.123. The fourth-order valence-corrected chi connectivity index (χ4v) is 1.62. The van der Waals surface area contributed by atoms with Gasteiger partial charge in [0.05, 0.1) is 11.2 Å². The van der Waals surface area contributed by atoms with Gasteiger partial charge in [-0.05, 0) is 31.2 Å². The SMILES string of the molecule is Cc1ccc(/C=N\NC(=O)COc2ccccc2Cl)o1. The second-order valence-electron chi connectivity index (χ2n) is 3.96. The van der Waals surface area contributed by atoms with Crippen molar-refractivity contribution in [3.05, 3.63) is 52.9 Å². The molecule has 0 spiro atoms. The molecule has 2 aromatic rings. The van der Waals surface area contributed by atoms with E-state index in [-0.39, 0.29) is 12.5 Å². The van der Waals surface area contributed by atoms with Gasteiger partial charge in [-0.2, -0.15) is 5.10 Å². The van der Waals surface area contributed by atoms with Gasteiger partial charge in [0, 0.05) is 0 Å². The van der Waals surface area contributed by atoms with Crippen LogP contribution in [0.2, 0.25) is 5.02 Å². The van der Waals surface area contributed by atoms with Gasteiger partial charge in [0.25, 0.3) is 5.91 Å². The first-order valence-electron chi connectivity index (χ1n) is 5.91. The van der Waals surface area contributed by atoms with Crippen molar-refractivity contribution >= 4 is 23.7 Å². The van der Waals surface area contributed by atoms with Gasteiger partial charge in [-0.25, -0.2) is 5.43 Å². The number of para-hydroxylation sites is 1. The molecule has 0 aliphatic carbocycles. The Morgan fingerprint density at radius 3 is 2.90 bits per heavy atom. The second kappa shape index (κ2) is 6.77. The number of ether oxygens (including phenoxy) is 1. The van der Waals surface area contributed by atoms with Crippen LogP contribution in [0.1, 0.15) is 11.5 Å². The van der Waals surface area contributed by atoms with Crippen LogP contribution in [0.25, 0.3) is 0 Å². The van der Waals surface area contributed by atoms with Crippen molar-refractivity contribution in [2.24, 2.45) is 5.10 Å². The van der Waals surface area contributed by atoms with Crippen molar-refractivity contribution in [2.45, 2.75) is 6.92 Å². The summed E-state index contributed by atoms with van der Waals surface area (Å²) < 4.78 is 10.5. The molecule has 0 saturated heterocycles. The van der Waals surface area contributed by atoms with Crippen molar-refractivity contribution in [3.63, 3.8) is 0 Å². The van der Waals surface area contributed by atoms with E-state index in [9.17, 15) is 4.79 Å². The Morgan fingerprint density at radius 1 is 1.40 bits per heavy atom. The molecule has 1 amide bonds. The van der Waals surface area contributed by atoms with Gasteiger partial charge in [0.1, 0.15) is 17.3 Å². The minimum Gasteiger partial charge on any atom is -0.482 e. The predicted octanol–water partition coefficient (Wildman–Crippen LogP) is 2.77. The van der Waals surface area contributed by atoms with Gasteiger partial charge < -0.3 is 9.15 Å². The van der Waals surface area contributed by atoms with E-state index in [2.05, 4.69) is 10.5 Å². The maximum atomic E-state index is 11.5. The summed E-state index contributed by atoms with van der Waals surface area (Å²) in [6, 6.07) is 10.5. The lowest BCUT2D eigenvalue weighted by atomic mass is 10.3. The first-order valence-corrected chi connectivity index (χ1v) is 6.28. The van der Waals surface area contributed by atoms with Crippen molar-refractivity contribution in [1.29, 1.82) is 0 Å². The predicted molar refractivity (Wildman–Crippen MR) is 76.1 cm³/mol. The minimum absolute atomic E-state index is 0.168. The molecule has 1 aromatic heterocycles. The van der Waals surface area contributed by atoms with E-state index in [0.29, 0.717) is 16.5 Å². The molecule has 6 heteroatoms. The number of furan rings is 1. The van der Waals surface area contributed by atoms with Gasteiger partial charge in [-0.15, -0.1) is 0 Å². The van der Waals surface area contributed by atoms with Crippen molar-refractivity contribution in [2.75, 3.05) is 6.61 Å². The van der Waals surface area contributed by atoms with Crippen molar-refractivity contribution < 1.29 is 13.9 Å².